The Morgan fingerprint density at radius 1 is 1.20 bits per heavy atom. The second kappa shape index (κ2) is 8.59. The predicted octanol–water partition coefficient (Wildman–Crippen LogP) is 2.56. The summed E-state index contributed by atoms with van der Waals surface area (Å²) in [6.45, 7) is 6.44. The van der Waals surface area contributed by atoms with Crippen LogP contribution in [0.3, 0.4) is 0 Å². The molecule has 1 aromatic carbocycles. The van der Waals surface area contributed by atoms with Crippen LogP contribution in [0.2, 0.25) is 0 Å². The quantitative estimate of drug-likeness (QED) is 0.778. The largest absolute Gasteiger partial charge is 0.338 e. The molecule has 0 unspecified atom stereocenters. The maximum absolute atomic E-state index is 12.2. The van der Waals surface area contributed by atoms with Gasteiger partial charge in [0, 0.05) is 19.1 Å². The first-order valence-corrected chi connectivity index (χ1v) is 7.24. The van der Waals surface area contributed by atoms with Gasteiger partial charge in [-0.3, -0.25) is 0 Å². The average molecular weight is 277 g/mol. The zero-order valence-corrected chi connectivity index (χ0v) is 13.1. The van der Waals surface area contributed by atoms with Crippen LogP contribution in [0.25, 0.3) is 0 Å². The molecule has 0 aliphatic heterocycles. The molecule has 0 aliphatic rings. The summed E-state index contributed by atoms with van der Waals surface area (Å²) in [5, 5.41) is 3.00. The van der Waals surface area contributed by atoms with Crippen molar-refractivity contribution in [2.45, 2.75) is 32.9 Å². The van der Waals surface area contributed by atoms with Gasteiger partial charge in [-0.2, -0.15) is 0 Å². The third kappa shape index (κ3) is 6.06. The van der Waals surface area contributed by atoms with Gasteiger partial charge in [0.2, 0.25) is 0 Å². The van der Waals surface area contributed by atoms with E-state index in [2.05, 4.69) is 22.3 Å². The van der Waals surface area contributed by atoms with Crippen LogP contribution in [-0.4, -0.2) is 49.1 Å². The second-order valence-corrected chi connectivity index (χ2v) is 5.60. The monoisotopic (exact) mass is 277 g/mol. The minimum absolute atomic E-state index is 0.0163. The molecule has 1 N–H and O–H groups in total. The Kier molecular flexibility index (Phi) is 7.09. The number of amides is 2. The van der Waals surface area contributed by atoms with Gasteiger partial charge in [0.05, 0.1) is 0 Å². The average Bonchev–Trinajstić information content (AvgIpc) is 2.41. The fourth-order valence-electron chi connectivity index (χ4n) is 1.96. The summed E-state index contributed by atoms with van der Waals surface area (Å²) < 4.78 is 0. The normalized spacial score (nSPS) is 10.9. The van der Waals surface area contributed by atoms with Crippen LogP contribution < -0.4 is 5.32 Å². The van der Waals surface area contributed by atoms with Crippen LogP contribution in [-0.2, 0) is 6.54 Å². The minimum Gasteiger partial charge on any atom is -0.338 e. The fourth-order valence-corrected chi connectivity index (χ4v) is 1.96. The highest BCUT2D eigenvalue weighted by atomic mass is 16.2. The fraction of sp³-hybridized carbons (Fsp3) is 0.562. The van der Waals surface area contributed by atoms with Gasteiger partial charge in [0.1, 0.15) is 0 Å². The maximum atomic E-state index is 12.2. The summed E-state index contributed by atoms with van der Waals surface area (Å²) in [7, 11) is 4.08. The van der Waals surface area contributed by atoms with E-state index >= 15 is 0 Å². The Morgan fingerprint density at radius 2 is 1.85 bits per heavy atom. The molecule has 0 aliphatic carbocycles. The number of hydrogen-bond donors (Lipinski definition) is 1. The van der Waals surface area contributed by atoms with Crippen LogP contribution in [0.4, 0.5) is 4.79 Å². The molecule has 0 fully saturated rings. The SMILES string of the molecule is CC(C)N(Cc1ccccc1)C(=O)NCCCN(C)C. The Bertz CT molecular complexity index is 390. The van der Waals surface area contributed by atoms with Gasteiger partial charge in [-0.25, -0.2) is 4.79 Å². The highest BCUT2D eigenvalue weighted by Gasteiger charge is 2.16. The van der Waals surface area contributed by atoms with Crippen LogP contribution in [0.15, 0.2) is 30.3 Å². The number of rotatable bonds is 7. The second-order valence-electron chi connectivity index (χ2n) is 5.60. The lowest BCUT2D eigenvalue weighted by molar-refractivity contribution is 0.179. The summed E-state index contributed by atoms with van der Waals surface area (Å²) in [6, 6.07) is 10.3. The predicted molar refractivity (Wildman–Crippen MR) is 83.7 cm³/mol. The molecule has 0 saturated carbocycles. The topological polar surface area (TPSA) is 35.6 Å². The van der Waals surface area contributed by atoms with E-state index in [9.17, 15) is 4.79 Å². The third-order valence-corrected chi connectivity index (χ3v) is 3.14. The van der Waals surface area contributed by atoms with Crippen LogP contribution >= 0.6 is 0 Å². The molecule has 0 spiro atoms. The molecule has 0 radical (unpaired) electrons. The Morgan fingerprint density at radius 3 is 2.40 bits per heavy atom. The van der Waals surface area contributed by atoms with E-state index in [1.807, 2.05) is 51.0 Å². The van der Waals surface area contributed by atoms with E-state index in [-0.39, 0.29) is 12.1 Å². The summed E-state index contributed by atoms with van der Waals surface area (Å²) >= 11 is 0. The maximum Gasteiger partial charge on any atom is 0.317 e. The Balaban J connectivity index is 2.47. The van der Waals surface area contributed by atoms with Crippen LogP contribution in [0.1, 0.15) is 25.8 Å². The number of urea groups is 1. The number of nitrogens with one attached hydrogen (secondary N) is 1. The smallest absolute Gasteiger partial charge is 0.317 e. The van der Waals surface area contributed by atoms with E-state index in [1.165, 1.54) is 0 Å². The van der Waals surface area contributed by atoms with Crippen molar-refractivity contribution in [1.82, 2.24) is 15.1 Å². The van der Waals surface area contributed by atoms with Crippen molar-refractivity contribution in [3.63, 3.8) is 0 Å². The zero-order chi connectivity index (χ0) is 15.0. The van der Waals surface area contributed by atoms with Gasteiger partial charge < -0.3 is 15.1 Å². The van der Waals surface area contributed by atoms with Gasteiger partial charge in [0.15, 0.2) is 0 Å². The van der Waals surface area contributed by atoms with Crippen molar-refractivity contribution in [3.8, 4) is 0 Å². The summed E-state index contributed by atoms with van der Waals surface area (Å²) in [6.07, 6.45) is 0.968. The molecule has 4 heteroatoms. The summed E-state index contributed by atoms with van der Waals surface area (Å²) in [4.78, 5) is 16.2. The molecule has 0 bridgehead atoms. The molecule has 4 nitrogen and oxygen atoms in total. The molecular weight excluding hydrogens is 250 g/mol. The summed E-state index contributed by atoms with van der Waals surface area (Å²) in [5.74, 6) is 0. The van der Waals surface area contributed by atoms with Gasteiger partial charge >= 0.3 is 6.03 Å². The minimum atomic E-state index is 0.0163. The van der Waals surface area contributed by atoms with Gasteiger partial charge in [-0.05, 0) is 46.5 Å². The van der Waals surface area contributed by atoms with Gasteiger partial charge in [-0.15, -0.1) is 0 Å². The molecule has 1 rings (SSSR count). The van der Waals surface area contributed by atoms with E-state index in [0.717, 1.165) is 25.1 Å². The van der Waals surface area contributed by atoms with Crippen molar-refractivity contribution in [2.24, 2.45) is 0 Å². The van der Waals surface area contributed by atoms with E-state index < -0.39 is 0 Å². The molecule has 0 heterocycles. The molecule has 0 aromatic heterocycles. The molecule has 0 saturated heterocycles. The van der Waals surface area contributed by atoms with Gasteiger partial charge in [0.25, 0.3) is 0 Å². The molecule has 2 amide bonds. The first-order valence-electron chi connectivity index (χ1n) is 7.24. The number of carbonyl (C=O) groups is 1. The summed E-state index contributed by atoms with van der Waals surface area (Å²) in [5.41, 5.74) is 1.16. The molecule has 20 heavy (non-hydrogen) atoms. The third-order valence-electron chi connectivity index (χ3n) is 3.14. The standard InChI is InChI=1S/C16H27N3O/c1-14(2)19(13-15-9-6-5-7-10-15)16(20)17-11-8-12-18(3)4/h5-7,9-10,14H,8,11-13H2,1-4H3,(H,17,20). The van der Waals surface area contributed by atoms with Crippen molar-refractivity contribution in [2.75, 3.05) is 27.2 Å². The number of carbonyl (C=O) groups excluding carboxylic acids is 1. The van der Waals surface area contributed by atoms with Crippen molar-refractivity contribution in [3.05, 3.63) is 35.9 Å². The Hall–Kier alpha value is -1.55. The van der Waals surface area contributed by atoms with Crippen molar-refractivity contribution in [1.29, 1.82) is 0 Å². The zero-order valence-electron chi connectivity index (χ0n) is 13.1. The number of nitrogens with zero attached hydrogens (tertiary/aromatic N) is 2. The van der Waals surface area contributed by atoms with Gasteiger partial charge in [-0.1, -0.05) is 30.3 Å². The molecule has 1 aromatic rings. The highest BCUT2D eigenvalue weighted by molar-refractivity contribution is 5.74. The van der Waals surface area contributed by atoms with E-state index in [1.54, 1.807) is 0 Å². The lowest BCUT2D eigenvalue weighted by atomic mass is 10.2. The number of hydrogen-bond acceptors (Lipinski definition) is 2. The first-order chi connectivity index (χ1) is 9.50. The lowest BCUT2D eigenvalue weighted by Crippen LogP contribution is -2.44. The molecular formula is C16H27N3O. The highest BCUT2D eigenvalue weighted by Crippen LogP contribution is 2.08. The first kappa shape index (κ1) is 16.5. The number of benzene rings is 1. The molecule has 0 atom stereocenters. The Labute approximate surface area is 122 Å². The lowest BCUT2D eigenvalue weighted by Gasteiger charge is -2.27. The van der Waals surface area contributed by atoms with E-state index in [4.69, 9.17) is 0 Å². The van der Waals surface area contributed by atoms with Crippen molar-refractivity contribution >= 4 is 6.03 Å². The van der Waals surface area contributed by atoms with Crippen LogP contribution in [0.5, 0.6) is 0 Å². The van der Waals surface area contributed by atoms with Crippen molar-refractivity contribution < 1.29 is 4.79 Å². The molecule has 112 valence electrons. The van der Waals surface area contributed by atoms with Crippen LogP contribution in [0, 0.1) is 0 Å². The van der Waals surface area contributed by atoms with E-state index in [0.29, 0.717) is 6.54 Å².